The summed E-state index contributed by atoms with van der Waals surface area (Å²) in [6, 6.07) is 4.01. The highest BCUT2D eigenvalue weighted by atomic mass is 32.2. The number of aromatic nitrogens is 1. The van der Waals surface area contributed by atoms with Crippen LogP contribution in [0.2, 0.25) is 13.1 Å². The molecule has 1 aromatic heterocycles. The first kappa shape index (κ1) is 23.4. The average molecular weight is 423 g/mol. The molecule has 1 aliphatic rings. The second kappa shape index (κ2) is 9.74. The monoisotopic (exact) mass is 422 g/mol. The number of pyridine rings is 1. The Morgan fingerprint density at radius 3 is 2.54 bits per heavy atom. The largest absolute Gasteiger partial charge is 0.413 e. The van der Waals surface area contributed by atoms with Gasteiger partial charge in [-0.15, -0.1) is 11.8 Å². The molecule has 7 heteroatoms. The molecule has 1 radical (unpaired) electrons. The molecular weight excluding hydrogens is 386 g/mol. The summed E-state index contributed by atoms with van der Waals surface area (Å²) in [5.74, 6) is 0.183. The molecule has 4 atom stereocenters. The number of carbonyl (C=O) groups excluding carboxylic acids is 1. The second-order valence-corrected chi connectivity index (χ2v) is 12.5. The first-order chi connectivity index (χ1) is 13.0. The van der Waals surface area contributed by atoms with Crippen LogP contribution in [-0.4, -0.2) is 61.3 Å². The van der Waals surface area contributed by atoms with Gasteiger partial charge in [-0.05, 0) is 58.4 Å². The van der Waals surface area contributed by atoms with Crippen molar-refractivity contribution in [1.29, 1.82) is 0 Å². The molecule has 28 heavy (non-hydrogen) atoms. The van der Waals surface area contributed by atoms with Gasteiger partial charge in [-0.3, -0.25) is 14.7 Å². The Hall–Kier alpha value is -0.893. The molecule has 0 N–H and O–H groups in total. The van der Waals surface area contributed by atoms with Crippen molar-refractivity contribution in [1.82, 2.24) is 14.8 Å². The maximum atomic E-state index is 13.6. The summed E-state index contributed by atoms with van der Waals surface area (Å²) >= 11 is 1.73. The summed E-state index contributed by atoms with van der Waals surface area (Å²) in [6.45, 7) is 13.1. The highest BCUT2D eigenvalue weighted by molar-refractivity contribution is 8.01. The van der Waals surface area contributed by atoms with E-state index in [-0.39, 0.29) is 34.2 Å². The van der Waals surface area contributed by atoms with E-state index >= 15 is 0 Å². The van der Waals surface area contributed by atoms with Gasteiger partial charge in [0.1, 0.15) is 10.6 Å². The van der Waals surface area contributed by atoms with Gasteiger partial charge in [0, 0.05) is 18.0 Å². The lowest BCUT2D eigenvalue weighted by molar-refractivity contribution is -0.136. The van der Waals surface area contributed by atoms with Crippen LogP contribution in [-0.2, 0) is 9.22 Å². The van der Waals surface area contributed by atoms with E-state index in [1.54, 1.807) is 18.0 Å². The summed E-state index contributed by atoms with van der Waals surface area (Å²) in [5, 5.41) is -0.205. The van der Waals surface area contributed by atoms with Crippen molar-refractivity contribution in [2.45, 2.75) is 76.5 Å². The molecule has 0 spiro atoms. The zero-order valence-electron chi connectivity index (χ0n) is 18.6. The molecule has 0 aliphatic carbocycles. The van der Waals surface area contributed by atoms with Crippen LogP contribution in [0, 0.1) is 5.41 Å². The third kappa shape index (κ3) is 6.05. The summed E-state index contributed by atoms with van der Waals surface area (Å²) in [7, 11) is 3.13. The number of amides is 1. The third-order valence-corrected chi connectivity index (χ3v) is 7.38. The van der Waals surface area contributed by atoms with E-state index in [1.165, 1.54) is 0 Å². The number of nitrogens with zero attached hydrogens (tertiary/aromatic N) is 3. The lowest BCUT2D eigenvalue weighted by atomic mass is 9.88. The Morgan fingerprint density at radius 2 is 2.04 bits per heavy atom. The Labute approximate surface area is 177 Å². The molecule has 1 aliphatic heterocycles. The molecular formula is C21H36N3O2SSi. The van der Waals surface area contributed by atoms with E-state index in [2.05, 4.69) is 56.7 Å². The lowest BCUT2D eigenvalue weighted by Gasteiger charge is -2.34. The number of rotatable bonds is 8. The van der Waals surface area contributed by atoms with Crippen molar-refractivity contribution in [2.24, 2.45) is 5.41 Å². The normalized spacial score (nSPS) is 22.9. The minimum atomic E-state index is -0.901. The minimum Gasteiger partial charge on any atom is -0.413 e. The topological polar surface area (TPSA) is 45.7 Å². The van der Waals surface area contributed by atoms with Crippen LogP contribution in [0.3, 0.4) is 0 Å². The molecule has 5 nitrogen and oxygen atoms in total. The number of thioether (sulfide) groups is 1. The van der Waals surface area contributed by atoms with Gasteiger partial charge in [-0.2, -0.15) is 0 Å². The fourth-order valence-electron chi connectivity index (χ4n) is 3.31. The minimum absolute atomic E-state index is 0.00602. The number of hydrogen-bond donors (Lipinski definition) is 0. The van der Waals surface area contributed by atoms with Gasteiger partial charge in [0.15, 0.2) is 0 Å². The predicted molar refractivity (Wildman–Crippen MR) is 119 cm³/mol. The molecule has 1 amide bonds. The highest BCUT2D eigenvalue weighted by Gasteiger charge is 2.47. The molecule has 0 saturated carbocycles. The molecule has 4 unspecified atom stereocenters. The molecule has 0 bridgehead atoms. The third-order valence-electron chi connectivity index (χ3n) is 5.05. The highest BCUT2D eigenvalue weighted by Crippen LogP contribution is 2.47. The van der Waals surface area contributed by atoms with E-state index in [1.807, 2.05) is 31.3 Å². The molecule has 2 rings (SSSR count). The summed E-state index contributed by atoms with van der Waals surface area (Å²) < 4.78 is 6.38. The van der Waals surface area contributed by atoms with Gasteiger partial charge in [-0.25, -0.2) is 0 Å². The van der Waals surface area contributed by atoms with Crippen molar-refractivity contribution >= 4 is 26.7 Å². The van der Waals surface area contributed by atoms with E-state index in [0.717, 1.165) is 18.4 Å². The van der Waals surface area contributed by atoms with Crippen molar-refractivity contribution in [3.8, 4) is 0 Å². The van der Waals surface area contributed by atoms with Crippen LogP contribution in [0.25, 0.3) is 0 Å². The summed E-state index contributed by atoms with van der Waals surface area (Å²) in [5.41, 5.74) is 1.30. The first-order valence-corrected chi connectivity index (χ1v) is 13.4. The molecule has 1 fully saturated rings. The van der Waals surface area contributed by atoms with Gasteiger partial charge in [0.05, 0.1) is 12.3 Å². The number of hydrogen-bond acceptors (Lipinski definition) is 5. The standard InChI is InChI=1S/C21H36N3O2SSi/c1-15(23(5)6)24-19(25)18(27-20(24)16-10-9-13-22-14-16)17(26-28(7)8)11-12-21(2,3)4/h9-10,13-15,17-18,20H,11-12H2,1-8H3. The fourth-order valence-corrected chi connectivity index (χ4v) is 5.86. The van der Waals surface area contributed by atoms with Crippen LogP contribution in [0.5, 0.6) is 0 Å². The lowest BCUT2D eigenvalue weighted by Crippen LogP contribution is -2.48. The summed E-state index contributed by atoms with van der Waals surface area (Å²) in [6.07, 6.45) is 5.57. The Morgan fingerprint density at radius 1 is 1.36 bits per heavy atom. The van der Waals surface area contributed by atoms with Crippen LogP contribution in [0.1, 0.15) is 51.5 Å². The second-order valence-electron chi connectivity index (χ2n) is 9.20. The molecule has 2 heterocycles. The van der Waals surface area contributed by atoms with Gasteiger partial charge >= 0.3 is 0 Å². The molecule has 1 saturated heterocycles. The van der Waals surface area contributed by atoms with Gasteiger partial charge in [-0.1, -0.05) is 26.8 Å². The first-order valence-electron chi connectivity index (χ1n) is 10.0. The zero-order chi connectivity index (χ0) is 21.1. The van der Waals surface area contributed by atoms with E-state index in [4.69, 9.17) is 4.43 Å². The van der Waals surface area contributed by atoms with Crippen molar-refractivity contribution in [2.75, 3.05) is 14.1 Å². The Balaban J connectivity index is 2.33. The zero-order valence-corrected chi connectivity index (χ0v) is 20.4. The Kier molecular flexibility index (Phi) is 8.13. The SMILES string of the molecule is CC(N(C)C)N1C(=O)C(C(CCC(C)(C)C)O[Si](C)C)SC1c1cccnc1. The predicted octanol–water partition coefficient (Wildman–Crippen LogP) is 4.39. The quantitative estimate of drug-likeness (QED) is 0.581. The maximum Gasteiger partial charge on any atom is 0.240 e. The van der Waals surface area contributed by atoms with E-state index < -0.39 is 9.04 Å². The van der Waals surface area contributed by atoms with E-state index in [9.17, 15) is 4.79 Å². The fraction of sp³-hybridized carbons (Fsp3) is 0.714. The smallest absolute Gasteiger partial charge is 0.240 e. The van der Waals surface area contributed by atoms with Crippen molar-refractivity contribution in [3.63, 3.8) is 0 Å². The van der Waals surface area contributed by atoms with Crippen LogP contribution in [0.15, 0.2) is 24.5 Å². The van der Waals surface area contributed by atoms with Crippen LogP contribution >= 0.6 is 11.8 Å². The van der Waals surface area contributed by atoms with Crippen molar-refractivity contribution in [3.05, 3.63) is 30.1 Å². The average Bonchev–Trinajstić information content (AvgIpc) is 2.94. The van der Waals surface area contributed by atoms with Crippen LogP contribution < -0.4 is 0 Å². The number of carbonyl (C=O) groups is 1. The summed E-state index contributed by atoms with van der Waals surface area (Å²) in [4.78, 5) is 22.0. The van der Waals surface area contributed by atoms with Gasteiger partial charge < -0.3 is 9.33 Å². The molecule has 1 aromatic rings. The van der Waals surface area contributed by atoms with E-state index in [0.29, 0.717) is 0 Å². The van der Waals surface area contributed by atoms with Gasteiger partial charge in [0.25, 0.3) is 0 Å². The maximum absolute atomic E-state index is 13.6. The van der Waals surface area contributed by atoms with Crippen LogP contribution in [0.4, 0.5) is 0 Å². The van der Waals surface area contributed by atoms with Gasteiger partial charge in [0.2, 0.25) is 14.9 Å². The molecule has 0 aromatic carbocycles. The van der Waals surface area contributed by atoms with Crippen molar-refractivity contribution < 1.29 is 9.22 Å². The Bertz CT molecular complexity index is 636. The molecule has 157 valence electrons.